The highest BCUT2D eigenvalue weighted by molar-refractivity contribution is 6.30. The molecule has 1 N–H and O–H groups in total. The average Bonchev–Trinajstić information content (AvgIpc) is 2.85. The number of anilines is 1. The molecule has 180 valence electrons. The van der Waals surface area contributed by atoms with Gasteiger partial charge in [0.05, 0.1) is 19.7 Å². The fraction of sp³-hybridized carbons (Fsp3) is 0.185. The predicted octanol–water partition coefficient (Wildman–Crippen LogP) is 7.06. The van der Waals surface area contributed by atoms with Crippen LogP contribution < -0.4 is 19.5 Å². The van der Waals surface area contributed by atoms with Crippen molar-refractivity contribution < 1.29 is 23.7 Å². The maximum Gasteiger partial charge on any atom is 0.411 e. The molecular weight excluding hydrogens is 468 g/mol. The van der Waals surface area contributed by atoms with Crippen LogP contribution in [0.2, 0.25) is 5.02 Å². The summed E-state index contributed by atoms with van der Waals surface area (Å²) in [6, 6.07) is 16.3. The van der Waals surface area contributed by atoms with Gasteiger partial charge in [0.2, 0.25) is 0 Å². The molecule has 0 radical (unpaired) electrons. The second-order valence-corrected chi connectivity index (χ2v) is 8.34. The minimum atomic E-state index is -0.553. The number of fused-ring (bicyclic) bond motifs is 1. The Balaban J connectivity index is 1.52. The molecule has 0 aliphatic carbocycles. The summed E-state index contributed by atoms with van der Waals surface area (Å²) >= 11 is 5.98. The summed E-state index contributed by atoms with van der Waals surface area (Å²) in [7, 11) is 3.17. The summed E-state index contributed by atoms with van der Waals surface area (Å²) in [4.78, 5) is 16.8. The van der Waals surface area contributed by atoms with E-state index in [1.165, 1.54) is 0 Å². The van der Waals surface area contributed by atoms with E-state index in [1.54, 1.807) is 44.7 Å². The van der Waals surface area contributed by atoms with E-state index in [0.717, 1.165) is 27.6 Å². The van der Waals surface area contributed by atoms with Gasteiger partial charge in [0.1, 0.15) is 18.1 Å². The maximum absolute atomic E-state index is 12.3. The third-order valence-electron chi connectivity index (χ3n) is 5.44. The Morgan fingerprint density at radius 2 is 1.69 bits per heavy atom. The molecule has 0 saturated heterocycles. The quantitative estimate of drug-likeness (QED) is 0.297. The second kappa shape index (κ2) is 10.5. The number of pyridine rings is 1. The Hall–Kier alpha value is -3.97. The SMILES string of the molecule is COc1cc2nccc(Oc3cc(C)c(NC(=O)OCc4cccc(Cl)c4)cc3C)c2cc1OC. The topological polar surface area (TPSA) is 78.9 Å². The Kier molecular flexibility index (Phi) is 7.27. The van der Waals surface area contributed by atoms with E-state index in [2.05, 4.69) is 10.3 Å². The molecule has 0 spiro atoms. The summed E-state index contributed by atoms with van der Waals surface area (Å²) in [6.07, 6.45) is 1.12. The third-order valence-corrected chi connectivity index (χ3v) is 5.68. The van der Waals surface area contributed by atoms with Crippen LogP contribution >= 0.6 is 11.6 Å². The predicted molar refractivity (Wildman–Crippen MR) is 136 cm³/mol. The van der Waals surface area contributed by atoms with Gasteiger partial charge in [-0.3, -0.25) is 10.3 Å². The molecule has 3 aromatic carbocycles. The van der Waals surface area contributed by atoms with Crippen LogP contribution in [0.4, 0.5) is 10.5 Å². The van der Waals surface area contributed by atoms with E-state index in [0.29, 0.717) is 33.7 Å². The number of aromatic nitrogens is 1. The molecule has 0 bridgehead atoms. The molecule has 7 nitrogen and oxygen atoms in total. The number of halogens is 1. The Morgan fingerprint density at radius 3 is 2.43 bits per heavy atom. The standard InChI is InChI=1S/C27H25ClN2O5/c1-16-11-24(35-23-8-9-29-22-14-26(33-4)25(32-3)13-20(22)23)17(2)10-21(16)30-27(31)34-15-18-6-5-7-19(28)12-18/h5-14H,15H2,1-4H3,(H,30,31). The van der Waals surface area contributed by atoms with Crippen LogP contribution in [0.5, 0.6) is 23.0 Å². The molecule has 0 unspecified atom stereocenters. The highest BCUT2D eigenvalue weighted by atomic mass is 35.5. The van der Waals surface area contributed by atoms with E-state index in [4.69, 9.17) is 30.5 Å². The van der Waals surface area contributed by atoms with Gasteiger partial charge < -0.3 is 18.9 Å². The molecule has 1 amide bonds. The van der Waals surface area contributed by atoms with Crippen LogP contribution in [-0.2, 0) is 11.3 Å². The second-order valence-electron chi connectivity index (χ2n) is 7.90. The summed E-state index contributed by atoms with van der Waals surface area (Å²) in [6.45, 7) is 3.91. The highest BCUT2D eigenvalue weighted by Gasteiger charge is 2.14. The van der Waals surface area contributed by atoms with Crippen molar-refractivity contribution in [2.45, 2.75) is 20.5 Å². The lowest BCUT2D eigenvalue weighted by Gasteiger charge is -2.16. The number of rotatable bonds is 7. The number of carbonyl (C=O) groups is 1. The first-order valence-electron chi connectivity index (χ1n) is 10.9. The lowest BCUT2D eigenvalue weighted by Crippen LogP contribution is -2.14. The van der Waals surface area contributed by atoms with Crippen molar-refractivity contribution >= 4 is 34.3 Å². The number of ether oxygens (including phenoxy) is 4. The van der Waals surface area contributed by atoms with E-state index < -0.39 is 6.09 Å². The molecule has 0 aliphatic heterocycles. The first kappa shape index (κ1) is 24.2. The fourth-order valence-electron chi connectivity index (χ4n) is 3.61. The maximum atomic E-state index is 12.3. The monoisotopic (exact) mass is 492 g/mol. The molecule has 8 heteroatoms. The molecule has 0 fully saturated rings. The average molecular weight is 493 g/mol. The fourth-order valence-corrected chi connectivity index (χ4v) is 3.82. The van der Waals surface area contributed by atoms with Gasteiger partial charge in [-0.1, -0.05) is 23.7 Å². The van der Waals surface area contributed by atoms with E-state index in [1.807, 2.05) is 44.2 Å². The number of hydrogen-bond acceptors (Lipinski definition) is 6. The van der Waals surface area contributed by atoms with Gasteiger partial charge >= 0.3 is 6.09 Å². The molecule has 4 aromatic rings. The van der Waals surface area contributed by atoms with Crippen LogP contribution in [0.25, 0.3) is 10.9 Å². The van der Waals surface area contributed by atoms with Crippen molar-refractivity contribution in [3.8, 4) is 23.0 Å². The van der Waals surface area contributed by atoms with E-state index in [9.17, 15) is 4.79 Å². The summed E-state index contributed by atoms with van der Waals surface area (Å²) in [5.41, 5.74) is 3.82. The Morgan fingerprint density at radius 1 is 0.914 bits per heavy atom. The van der Waals surface area contributed by atoms with Crippen molar-refractivity contribution in [3.05, 3.63) is 82.5 Å². The van der Waals surface area contributed by atoms with Gasteiger partial charge in [0.25, 0.3) is 0 Å². The molecule has 0 aliphatic rings. The van der Waals surface area contributed by atoms with Crippen LogP contribution in [0.15, 0.2) is 60.8 Å². The lowest BCUT2D eigenvalue weighted by atomic mass is 10.1. The van der Waals surface area contributed by atoms with Gasteiger partial charge in [0.15, 0.2) is 11.5 Å². The number of nitrogens with one attached hydrogen (secondary N) is 1. The van der Waals surface area contributed by atoms with Crippen molar-refractivity contribution in [2.24, 2.45) is 0 Å². The minimum Gasteiger partial charge on any atom is -0.493 e. The van der Waals surface area contributed by atoms with Gasteiger partial charge in [0, 0.05) is 28.4 Å². The minimum absolute atomic E-state index is 0.120. The first-order chi connectivity index (χ1) is 16.9. The largest absolute Gasteiger partial charge is 0.493 e. The zero-order chi connectivity index (χ0) is 24.9. The lowest BCUT2D eigenvalue weighted by molar-refractivity contribution is 0.155. The normalized spacial score (nSPS) is 10.7. The van der Waals surface area contributed by atoms with Crippen molar-refractivity contribution in [1.82, 2.24) is 4.98 Å². The van der Waals surface area contributed by atoms with Gasteiger partial charge in [-0.15, -0.1) is 0 Å². The van der Waals surface area contributed by atoms with Crippen LogP contribution in [-0.4, -0.2) is 25.3 Å². The zero-order valence-corrected chi connectivity index (χ0v) is 20.6. The van der Waals surface area contributed by atoms with Crippen molar-refractivity contribution in [1.29, 1.82) is 0 Å². The number of methoxy groups -OCH3 is 2. The molecule has 4 rings (SSSR count). The highest BCUT2D eigenvalue weighted by Crippen LogP contribution is 2.38. The number of nitrogens with zero attached hydrogens (tertiary/aromatic N) is 1. The summed E-state index contributed by atoms with van der Waals surface area (Å²) in [5.74, 6) is 2.46. The number of benzene rings is 3. The molecule has 1 aromatic heterocycles. The number of carbonyl (C=O) groups excluding carboxylic acids is 1. The van der Waals surface area contributed by atoms with E-state index in [-0.39, 0.29) is 6.61 Å². The molecule has 35 heavy (non-hydrogen) atoms. The molecular formula is C27H25ClN2O5. The molecule has 0 saturated carbocycles. The third kappa shape index (κ3) is 5.58. The van der Waals surface area contributed by atoms with Crippen LogP contribution in [0.3, 0.4) is 0 Å². The molecule has 0 atom stereocenters. The van der Waals surface area contributed by atoms with Crippen molar-refractivity contribution in [2.75, 3.05) is 19.5 Å². The smallest absolute Gasteiger partial charge is 0.411 e. The van der Waals surface area contributed by atoms with Crippen LogP contribution in [0.1, 0.15) is 16.7 Å². The molecule has 1 heterocycles. The number of hydrogen-bond donors (Lipinski definition) is 1. The zero-order valence-electron chi connectivity index (χ0n) is 19.8. The summed E-state index contributed by atoms with van der Waals surface area (Å²) in [5, 5.41) is 4.17. The van der Waals surface area contributed by atoms with Gasteiger partial charge in [-0.25, -0.2) is 4.79 Å². The number of aryl methyl sites for hydroxylation is 2. The van der Waals surface area contributed by atoms with Crippen molar-refractivity contribution in [3.63, 3.8) is 0 Å². The Labute approximate surface area is 208 Å². The van der Waals surface area contributed by atoms with Gasteiger partial charge in [-0.05, 0) is 66.9 Å². The Bertz CT molecular complexity index is 1390. The number of amides is 1. The van der Waals surface area contributed by atoms with E-state index >= 15 is 0 Å². The first-order valence-corrected chi connectivity index (χ1v) is 11.2. The van der Waals surface area contributed by atoms with Crippen LogP contribution in [0, 0.1) is 13.8 Å². The van der Waals surface area contributed by atoms with Gasteiger partial charge in [-0.2, -0.15) is 0 Å². The summed E-state index contributed by atoms with van der Waals surface area (Å²) < 4.78 is 22.4.